The summed E-state index contributed by atoms with van der Waals surface area (Å²) in [4.78, 5) is 12.0. The summed E-state index contributed by atoms with van der Waals surface area (Å²) in [5.74, 6) is -0.0493. The molecule has 0 radical (unpaired) electrons. The van der Waals surface area contributed by atoms with Crippen LogP contribution >= 0.6 is 23.2 Å². The SMILES string of the molecule is COc1ccc(C(C)(C(=O)O)c2ccc(OC)c(Cl)c2)cc1Cl. The van der Waals surface area contributed by atoms with Crippen molar-refractivity contribution in [3.8, 4) is 11.5 Å². The molecule has 0 saturated carbocycles. The summed E-state index contributed by atoms with van der Waals surface area (Å²) >= 11 is 12.3. The Kier molecular flexibility index (Phi) is 5.07. The Morgan fingerprint density at radius 3 is 1.61 bits per heavy atom. The molecule has 2 aromatic carbocycles. The number of benzene rings is 2. The van der Waals surface area contributed by atoms with Crippen LogP contribution in [0.5, 0.6) is 11.5 Å². The highest BCUT2D eigenvalue weighted by molar-refractivity contribution is 6.32. The highest BCUT2D eigenvalue weighted by Crippen LogP contribution is 2.38. The average molecular weight is 355 g/mol. The lowest BCUT2D eigenvalue weighted by molar-refractivity contribution is -0.141. The number of rotatable bonds is 5. The van der Waals surface area contributed by atoms with Gasteiger partial charge in [0.2, 0.25) is 0 Å². The Bertz CT molecular complexity index is 690. The van der Waals surface area contributed by atoms with Crippen LogP contribution in [0.15, 0.2) is 36.4 Å². The number of methoxy groups -OCH3 is 2. The van der Waals surface area contributed by atoms with Gasteiger partial charge in [-0.05, 0) is 42.3 Å². The van der Waals surface area contributed by atoms with Crippen molar-refractivity contribution < 1.29 is 19.4 Å². The van der Waals surface area contributed by atoms with Gasteiger partial charge < -0.3 is 14.6 Å². The monoisotopic (exact) mass is 354 g/mol. The van der Waals surface area contributed by atoms with Gasteiger partial charge in [-0.2, -0.15) is 0 Å². The van der Waals surface area contributed by atoms with Crippen molar-refractivity contribution in [3.05, 3.63) is 57.6 Å². The Balaban J connectivity index is 2.62. The molecule has 0 aliphatic carbocycles. The van der Waals surface area contributed by atoms with Gasteiger partial charge in [-0.3, -0.25) is 4.79 Å². The Hall–Kier alpha value is -1.91. The molecule has 0 spiro atoms. The molecule has 122 valence electrons. The summed E-state index contributed by atoms with van der Waals surface area (Å²) in [5.41, 5.74) is -0.264. The Morgan fingerprint density at radius 2 is 1.35 bits per heavy atom. The third kappa shape index (κ3) is 3.09. The highest BCUT2D eigenvalue weighted by Gasteiger charge is 2.38. The summed E-state index contributed by atoms with van der Waals surface area (Å²) in [6, 6.07) is 9.82. The number of ether oxygens (including phenoxy) is 2. The van der Waals surface area contributed by atoms with Crippen LogP contribution in [-0.4, -0.2) is 25.3 Å². The Morgan fingerprint density at radius 1 is 0.957 bits per heavy atom. The van der Waals surface area contributed by atoms with E-state index in [1.165, 1.54) is 14.2 Å². The molecule has 23 heavy (non-hydrogen) atoms. The number of carboxylic acid groups (broad SMARTS) is 1. The minimum absolute atomic E-state index is 0.345. The molecule has 4 nitrogen and oxygen atoms in total. The van der Waals surface area contributed by atoms with Crippen LogP contribution in [0, 0.1) is 0 Å². The second-order valence-corrected chi connectivity index (χ2v) is 5.94. The van der Waals surface area contributed by atoms with E-state index in [1.807, 2.05) is 0 Å². The van der Waals surface area contributed by atoms with E-state index in [4.69, 9.17) is 32.7 Å². The van der Waals surface area contributed by atoms with E-state index in [1.54, 1.807) is 43.3 Å². The van der Waals surface area contributed by atoms with Crippen molar-refractivity contribution >= 4 is 29.2 Å². The normalized spacial score (nSPS) is 11.2. The smallest absolute Gasteiger partial charge is 0.318 e. The van der Waals surface area contributed by atoms with E-state index < -0.39 is 11.4 Å². The van der Waals surface area contributed by atoms with E-state index in [2.05, 4.69) is 0 Å². The zero-order valence-corrected chi connectivity index (χ0v) is 14.4. The van der Waals surface area contributed by atoms with E-state index in [9.17, 15) is 9.90 Å². The molecule has 0 aliphatic rings. The molecule has 2 aromatic rings. The van der Waals surface area contributed by atoms with Crippen molar-refractivity contribution in [2.24, 2.45) is 0 Å². The second-order valence-electron chi connectivity index (χ2n) is 5.13. The second kappa shape index (κ2) is 6.69. The topological polar surface area (TPSA) is 55.8 Å². The van der Waals surface area contributed by atoms with Crippen LogP contribution in [0.1, 0.15) is 18.1 Å². The first kappa shape index (κ1) is 17.4. The zero-order chi connectivity index (χ0) is 17.2. The fourth-order valence-electron chi connectivity index (χ4n) is 2.37. The molecule has 0 atom stereocenters. The van der Waals surface area contributed by atoms with Gasteiger partial charge in [0.15, 0.2) is 0 Å². The maximum Gasteiger partial charge on any atom is 0.318 e. The maximum atomic E-state index is 12.0. The molecular formula is C17H16Cl2O4. The molecule has 0 unspecified atom stereocenters. The molecule has 0 heterocycles. The molecule has 0 fully saturated rings. The van der Waals surface area contributed by atoms with Crippen LogP contribution < -0.4 is 9.47 Å². The van der Waals surface area contributed by atoms with E-state index in [0.717, 1.165) is 0 Å². The molecule has 0 aliphatic heterocycles. The van der Waals surface area contributed by atoms with Crippen molar-refractivity contribution in [3.63, 3.8) is 0 Å². The van der Waals surface area contributed by atoms with Gasteiger partial charge in [0.05, 0.1) is 24.3 Å². The van der Waals surface area contributed by atoms with E-state index in [-0.39, 0.29) is 0 Å². The summed E-state index contributed by atoms with van der Waals surface area (Å²) in [5, 5.41) is 10.5. The number of hydrogen-bond acceptors (Lipinski definition) is 3. The lowest BCUT2D eigenvalue weighted by atomic mass is 9.76. The lowest BCUT2D eigenvalue weighted by Crippen LogP contribution is -2.33. The molecule has 0 aromatic heterocycles. The number of hydrogen-bond donors (Lipinski definition) is 1. The zero-order valence-electron chi connectivity index (χ0n) is 12.9. The van der Waals surface area contributed by atoms with Crippen LogP contribution in [0.3, 0.4) is 0 Å². The van der Waals surface area contributed by atoms with Gasteiger partial charge in [0.25, 0.3) is 0 Å². The van der Waals surface area contributed by atoms with Crippen LogP contribution in [0.2, 0.25) is 10.0 Å². The molecule has 0 bridgehead atoms. The van der Waals surface area contributed by atoms with Crippen LogP contribution in [-0.2, 0) is 10.2 Å². The largest absolute Gasteiger partial charge is 0.495 e. The van der Waals surface area contributed by atoms with Gasteiger partial charge >= 0.3 is 5.97 Å². The quantitative estimate of drug-likeness (QED) is 0.864. The van der Waals surface area contributed by atoms with Gasteiger partial charge in [0.1, 0.15) is 16.9 Å². The molecular weight excluding hydrogens is 339 g/mol. The molecule has 0 saturated heterocycles. The fraction of sp³-hybridized carbons (Fsp3) is 0.235. The first-order valence-corrected chi connectivity index (χ1v) is 7.51. The maximum absolute atomic E-state index is 12.0. The van der Waals surface area contributed by atoms with Gasteiger partial charge in [-0.25, -0.2) is 0 Å². The summed E-state index contributed by atoms with van der Waals surface area (Å²) in [6.07, 6.45) is 0. The van der Waals surface area contributed by atoms with Crippen LogP contribution in [0.4, 0.5) is 0 Å². The van der Waals surface area contributed by atoms with Crippen molar-refractivity contribution in [2.45, 2.75) is 12.3 Å². The number of carbonyl (C=O) groups is 1. The molecule has 1 N–H and O–H groups in total. The summed E-state index contributed by atoms with van der Waals surface area (Å²) in [7, 11) is 3.00. The fourth-order valence-corrected chi connectivity index (χ4v) is 2.88. The van der Waals surface area contributed by atoms with Gasteiger partial charge in [0, 0.05) is 0 Å². The minimum Gasteiger partial charge on any atom is -0.495 e. The van der Waals surface area contributed by atoms with Crippen LogP contribution in [0.25, 0.3) is 0 Å². The molecule has 6 heteroatoms. The van der Waals surface area contributed by atoms with Gasteiger partial charge in [-0.1, -0.05) is 35.3 Å². The lowest BCUT2D eigenvalue weighted by Gasteiger charge is -2.27. The summed E-state index contributed by atoms with van der Waals surface area (Å²) < 4.78 is 10.2. The average Bonchev–Trinajstić information content (AvgIpc) is 2.53. The molecule has 2 rings (SSSR count). The third-order valence-electron chi connectivity index (χ3n) is 3.89. The van der Waals surface area contributed by atoms with E-state index >= 15 is 0 Å². The van der Waals surface area contributed by atoms with Crippen molar-refractivity contribution in [1.29, 1.82) is 0 Å². The number of carboxylic acids is 1. The van der Waals surface area contributed by atoms with Crippen molar-refractivity contribution in [2.75, 3.05) is 14.2 Å². The summed E-state index contributed by atoms with van der Waals surface area (Å²) in [6.45, 7) is 1.60. The number of halogens is 2. The first-order valence-electron chi connectivity index (χ1n) is 6.76. The predicted molar refractivity (Wildman–Crippen MR) is 90.1 cm³/mol. The molecule has 0 amide bonds. The minimum atomic E-state index is -1.31. The van der Waals surface area contributed by atoms with Gasteiger partial charge in [-0.15, -0.1) is 0 Å². The Labute approximate surface area is 144 Å². The van der Waals surface area contributed by atoms with Crippen molar-refractivity contribution in [1.82, 2.24) is 0 Å². The third-order valence-corrected chi connectivity index (χ3v) is 4.48. The first-order chi connectivity index (χ1) is 10.8. The predicted octanol–water partition coefficient (Wildman–Crippen LogP) is 4.40. The van der Waals surface area contributed by atoms with E-state index in [0.29, 0.717) is 32.7 Å². The number of aliphatic carboxylic acids is 1. The highest BCUT2D eigenvalue weighted by atomic mass is 35.5. The standard InChI is InChI=1S/C17H16Cl2O4/c1-17(16(20)21,10-4-6-14(22-2)12(18)8-10)11-5-7-15(23-3)13(19)9-11/h4-9H,1-3H3,(H,20,21).